The summed E-state index contributed by atoms with van der Waals surface area (Å²) in [7, 11) is 0. The molecule has 0 N–H and O–H groups in total. The molecule has 10 aromatic rings. The second kappa shape index (κ2) is 13.8. The van der Waals surface area contributed by atoms with Crippen LogP contribution in [-0.4, -0.2) is 15.0 Å². The van der Waals surface area contributed by atoms with Gasteiger partial charge in [0.1, 0.15) is 11.2 Å². The molecule has 10 rings (SSSR count). The second-order valence-electron chi connectivity index (χ2n) is 13.7. The Bertz CT molecular complexity index is 2820. The lowest BCUT2D eigenvalue weighted by Gasteiger charge is -2.11. The average Bonchev–Trinajstić information content (AvgIpc) is 3.64. The molecule has 55 heavy (non-hydrogen) atoms. The lowest BCUT2D eigenvalue weighted by Crippen LogP contribution is -2.00. The van der Waals surface area contributed by atoms with E-state index >= 15 is 0 Å². The number of hydrogen-bond donors (Lipinski definition) is 0. The molecule has 0 unspecified atom stereocenters. The molecular weight excluding hydrogens is 671 g/mol. The Balaban J connectivity index is 0.991. The SMILES string of the molecule is c1ccc(-c2cc(-c3ccccc3)cc(-c3ccc4c(c3)oc3cc(-c5ccc(-c6nc(-c7ccccc7)nc(-c7ccccc7)n6)cc5)ccc34)c2)cc1. The zero-order valence-electron chi connectivity index (χ0n) is 29.8. The van der Waals surface area contributed by atoms with Gasteiger partial charge in [0.25, 0.3) is 0 Å². The zero-order valence-corrected chi connectivity index (χ0v) is 29.8. The van der Waals surface area contributed by atoms with Crippen LogP contribution in [0.15, 0.2) is 205 Å². The van der Waals surface area contributed by atoms with Crippen molar-refractivity contribution in [1.29, 1.82) is 0 Å². The van der Waals surface area contributed by atoms with Crippen LogP contribution in [0, 0.1) is 0 Å². The van der Waals surface area contributed by atoms with Crippen molar-refractivity contribution in [1.82, 2.24) is 15.0 Å². The van der Waals surface area contributed by atoms with Crippen molar-refractivity contribution >= 4 is 21.9 Å². The Morgan fingerprint density at radius 1 is 0.236 bits per heavy atom. The van der Waals surface area contributed by atoms with Crippen molar-refractivity contribution in [3.8, 4) is 78.7 Å². The van der Waals surface area contributed by atoms with Gasteiger partial charge in [0, 0.05) is 27.5 Å². The van der Waals surface area contributed by atoms with Gasteiger partial charge in [-0.1, -0.05) is 158 Å². The fourth-order valence-corrected chi connectivity index (χ4v) is 7.27. The fourth-order valence-electron chi connectivity index (χ4n) is 7.27. The van der Waals surface area contributed by atoms with Crippen molar-refractivity contribution in [3.63, 3.8) is 0 Å². The Morgan fingerprint density at radius 2 is 0.527 bits per heavy atom. The topological polar surface area (TPSA) is 51.8 Å². The molecule has 0 bridgehead atoms. The summed E-state index contributed by atoms with van der Waals surface area (Å²) >= 11 is 0. The Hall–Kier alpha value is -7.43. The quantitative estimate of drug-likeness (QED) is 0.166. The highest BCUT2D eigenvalue weighted by atomic mass is 16.3. The summed E-state index contributed by atoms with van der Waals surface area (Å²) in [5, 5.41) is 2.19. The van der Waals surface area contributed by atoms with Gasteiger partial charge in [-0.2, -0.15) is 0 Å². The van der Waals surface area contributed by atoms with Gasteiger partial charge in [-0.25, -0.2) is 15.0 Å². The lowest BCUT2D eigenvalue weighted by atomic mass is 9.93. The summed E-state index contributed by atoms with van der Waals surface area (Å²) < 4.78 is 6.58. The van der Waals surface area contributed by atoms with E-state index in [9.17, 15) is 0 Å². The summed E-state index contributed by atoms with van der Waals surface area (Å²) in [6.07, 6.45) is 0. The molecular formula is C51H33N3O. The van der Waals surface area contributed by atoms with Gasteiger partial charge in [-0.15, -0.1) is 0 Å². The Morgan fingerprint density at radius 3 is 0.945 bits per heavy atom. The monoisotopic (exact) mass is 703 g/mol. The second-order valence-corrected chi connectivity index (χ2v) is 13.7. The normalized spacial score (nSPS) is 11.3. The van der Waals surface area contributed by atoms with Crippen LogP contribution in [0.5, 0.6) is 0 Å². The van der Waals surface area contributed by atoms with Gasteiger partial charge in [0.15, 0.2) is 17.5 Å². The van der Waals surface area contributed by atoms with Crippen molar-refractivity contribution in [2.75, 3.05) is 0 Å². The first-order valence-corrected chi connectivity index (χ1v) is 18.4. The fraction of sp³-hybridized carbons (Fsp3) is 0. The van der Waals surface area contributed by atoms with Crippen molar-refractivity contribution in [2.24, 2.45) is 0 Å². The van der Waals surface area contributed by atoms with Crippen LogP contribution >= 0.6 is 0 Å². The van der Waals surface area contributed by atoms with E-state index in [4.69, 9.17) is 19.4 Å². The van der Waals surface area contributed by atoms with E-state index in [0.29, 0.717) is 17.5 Å². The summed E-state index contributed by atoms with van der Waals surface area (Å²) in [6, 6.07) is 69.5. The van der Waals surface area contributed by atoms with Gasteiger partial charge < -0.3 is 4.42 Å². The maximum atomic E-state index is 6.58. The molecule has 0 spiro atoms. The van der Waals surface area contributed by atoms with Crippen LogP contribution in [0.4, 0.5) is 0 Å². The first-order chi connectivity index (χ1) is 27.2. The maximum Gasteiger partial charge on any atom is 0.164 e. The first kappa shape index (κ1) is 32.2. The number of fused-ring (bicyclic) bond motifs is 3. The molecule has 4 nitrogen and oxygen atoms in total. The largest absolute Gasteiger partial charge is 0.456 e. The minimum atomic E-state index is 0.632. The third-order valence-electron chi connectivity index (χ3n) is 10.1. The van der Waals surface area contributed by atoms with Gasteiger partial charge in [0.2, 0.25) is 0 Å². The number of hydrogen-bond acceptors (Lipinski definition) is 4. The van der Waals surface area contributed by atoms with Crippen molar-refractivity contribution < 1.29 is 4.42 Å². The van der Waals surface area contributed by atoms with Crippen LogP contribution < -0.4 is 0 Å². The van der Waals surface area contributed by atoms with Crippen molar-refractivity contribution in [2.45, 2.75) is 0 Å². The average molecular weight is 704 g/mol. The molecule has 0 aliphatic heterocycles. The Labute approximate surface area is 319 Å². The molecule has 0 aliphatic carbocycles. The molecule has 0 saturated heterocycles. The molecule has 0 aliphatic rings. The molecule has 0 atom stereocenters. The molecule has 258 valence electrons. The van der Waals surface area contributed by atoms with E-state index in [1.165, 1.54) is 22.3 Å². The van der Waals surface area contributed by atoms with Crippen LogP contribution in [-0.2, 0) is 0 Å². The zero-order chi connectivity index (χ0) is 36.6. The molecule has 8 aromatic carbocycles. The third-order valence-corrected chi connectivity index (χ3v) is 10.1. The summed E-state index contributed by atoms with van der Waals surface area (Å²) in [5.41, 5.74) is 13.7. The lowest BCUT2D eigenvalue weighted by molar-refractivity contribution is 0.669. The van der Waals surface area contributed by atoms with E-state index in [1.807, 2.05) is 60.7 Å². The predicted molar refractivity (Wildman–Crippen MR) is 225 cm³/mol. The molecule has 4 heteroatoms. The Kier molecular flexibility index (Phi) is 8.12. The summed E-state index contributed by atoms with van der Waals surface area (Å²) in [4.78, 5) is 14.6. The molecule has 2 heterocycles. The maximum absolute atomic E-state index is 6.58. The highest BCUT2D eigenvalue weighted by molar-refractivity contribution is 6.07. The third kappa shape index (κ3) is 6.36. The van der Waals surface area contributed by atoms with E-state index in [0.717, 1.165) is 60.9 Å². The highest BCUT2D eigenvalue weighted by Gasteiger charge is 2.15. The smallest absolute Gasteiger partial charge is 0.164 e. The van der Waals surface area contributed by atoms with Crippen LogP contribution in [0.3, 0.4) is 0 Å². The number of benzene rings is 8. The standard InChI is InChI=1S/C51H33N3O/c1-5-13-34(14-6-1)42-29-43(35-15-7-2-8-16-35)31-44(30-42)41-26-28-46-45-27-25-40(32-47(45)55-48(46)33-41)36-21-23-39(24-22-36)51-53-49(37-17-9-3-10-18-37)52-50(54-51)38-19-11-4-12-20-38/h1-33H. The van der Waals surface area contributed by atoms with E-state index in [1.54, 1.807) is 0 Å². The van der Waals surface area contributed by atoms with Gasteiger partial charge in [0.05, 0.1) is 0 Å². The minimum Gasteiger partial charge on any atom is -0.456 e. The molecule has 0 radical (unpaired) electrons. The van der Waals surface area contributed by atoms with Crippen molar-refractivity contribution in [3.05, 3.63) is 200 Å². The van der Waals surface area contributed by atoms with Gasteiger partial charge >= 0.3 is 0 Å². The number of aromatic nitrogens is 3. The van der Waals surface area contributed by atoms with Crippen LogP contribution in [0.1, 0.15) is 0 Å². The van der Waals surface area contributed by atoms with Gasteiger partial charge in [-0.3, -0.25) is 0 Å². The first-order valence-electron chi connectivity index (χ1n) is 18.4. The van der Waals surface area contributed by atoms with E-state index < -0.39 is 0 Å². The van der Waals surface area contributed by atoms with Crippen LogP contribution in [0.2, 0.25) is 0 Å². The van der Waals surface area contributed by atoms with E-state index in [2.05, 4.69) is 140 Å². The number of furan rings is 1. The predicted octanol–water partition coefficient (Wildman–Crippen LogP) is 13.4. The van der Waals surface area contributed by atoms with Gasteiger partial charge in [-0.05, 0) is 87.0 Å². The molecule has 2 aromatic heterocycles. The summed E-state index contributed by atoms with van der Waals surface area (Å²) in [5.74, 6) is 1.92. The number of nitrogens with zero attached hydrogens (tertiary/aromatic N) is 3. The van der Waals surface area contributed by atoms with E-state index in [-0.39, 0.29) is 0 Å². The number of rotatable bonds is 7. The molecule has 0 fully saturated rings. The summed E-state index contributed by atoms with van der Waals surface area (Å²) in [6.45, 7) is 0. The molecule has 0 saturated carbocycles. The highest BCUT2D eigenvalue weighted by Crippen LogP contribution is 2.38. The molecule has 0 amide bonds. The van der Waals surface area contributed by atoms with Crippen LogP contribution in [0.25, 0.3) is 101 Å². The minimum absolute atomic E-state index is 0.632.